The number of nitrogens with zero attached hydrogens (tertiary/aromatic N) is 2. The second-order valence-corrected chi connectivity index (χ2v) is 6.66. The van der Waals surface area contributed by atoms with Gasteiger partial charge in [0, 0.05) is 11.8 Å². The fourth-order valence-electron chi connectivity index (χ4n) is 1.58. The summed E-state index contributed by atoms with van der Waals surface area (Å²) in [5, 5.41) is 2.54. The molecule has 0 aliphatic heterocycles. The largest absolute Gasteiger partial charge is 0.494 e. The van der Waals surface area contributed by atoms with Crippen molar-refractivity contribution in [3.63, 3.8) is 0 Å². The van der Waals surface area contributed by atoms with Crippen molar-refractivity contribution < 1.29 is 9.53 Å². The van der Waals surface area contributed by atoms with Gasteiger partial charge in [-0.3, -0.25) is 4.79 Å². The maximum Gasteiger partial charge on any atom is 0.237 e. The lowest BCUT2D eigenvalue weighted by molar-refractivity contribution is -0.115. The second-order valence-electron chi connectivity index (χ2n) is 4.32. The Balaban J connectivity index is 2.03. The molecule has 112 valence electrons. The number of thioether (sulfide) groups is 1. The van der Waals surface area contributed by atoms with E-state index in [1.165, 1.54) is 30.4 Å². The molecule has 0 bridgehead atoms. The van der Waals surface area contributed by atoms with E-state index >= 15 is 0 Å². The lowest BCUT2D eigenvalue weighted by Gasteiger charge is -2.13. The highest BCUT2D eigenvalue weighted by atomic mass is 32.2. The van der Waals surface area contributed by atoms with Crippen LogP contribution in [0.1, 0.15) is 12.7 Å². The predicted molar refractivity (Wildman–Crippen MR) is 86.0 cm³/mol. The normalized spacial score (nSPS) is 12.0. The third-order valence-electron chi connectivity index (χ3n) is 2.64. The Morgan fingerprint density at radius 1 is 1.52 bits per heavy atom. The average Bonchev–Trinajstić information content (AvgIpc) is 2.85. The Morgan fingerprint density at radius 2 is 2.29 bits per heavy atom. The van der Waals surface area contributed by atoms with Gasteiger partial charge in [0.1, 0.15) is 11.6 Å². The van der Waals surface area contributed by atoms with E-state index < -0.39 is 0 Å². The van der Waals surface area contributed by atoms with Crippen LogP contribution in [0.15, 0.2) is 22.5 Å². The molecule has 0 spiro atoms. The van der Waals surface area contributed by atoms with Crippen molar-refractivity contribution in [3.05, 3.63) is 24.0 Å². The maximum absolute atomic E-state index is 12.2. The number of rotatable bonds is 5. The molecule has 1 amide bonds. The summed E-state index contributed by atoms with van der Waals surface area (Å²) in [5.41, 5.74) is 6.86. The number of methoxy groups -OCH3 is 1. The summed E-state index contributed by atoms with van der Waals surface area (Å²) in [5.74, 6) is 1.12. The molecule has 2 aromatic rings. The summed E-state index contributed by atoms with van der Waals surface area (Å²) >= 11 is 2.67. The fourth-order valence-corrected chi connectivity index (χ4v) is 3.37. The predicted octanol–water partition coefficient (Wildman–Crippen LogP) is 2.56. The molecular weight excluding hydrogens is 308 g/mol. The SMILES string of the molecule is COc1cc(N)ccc1NC(=O)C(C)Sc1nc(C)ns1. The van der Waals surface area contributed by atoms with Crippen molar-refractivity contribution in [1.29, 1.82) is 0 Å². The summed E-state index contributed by atoms with van der Waals surface area (Å²) in [6, 6.07) is 5.10. The highest BCUT2D eigenvalue weighted by molar-refractivity contribution is 8.02. The minimum absolute atomic E-state index is 0.129. The van der Waals surface area contributed by atoms with Crippen molar-refractivity contribution in [2.45, 2.75) is 23.4 Å². The van der Waals surface area contributed by atoms with Gasteiger partial charge in [0.2, 0.25) is 5.91 Å². The number of aromatic nitrogens is 2. The van der Waals surface area contributed by atoms with Crippen molar-refractivity contribution >= 4 is 40.6 Å². The van der Waals surface area contributed by atoms with E-state index in [0.29, 0.717) is 17.1 Å². The van der Waals surface area contributed by atoms with Crippen LogP contribution >= 0.6 is 23.3 Å². The Bertz CT molecular complexity index is 645. The molecule has 1 aromatic heterocycles. The smallest absolute Gasteiger partial charge is 0.237 e. The maximum atomic E-state index is 12.2. The van der Waals surface area contributed by atoms with Gasteiger partial charge >= 0.3 is 0 Å². The van der Waals surface area contributed by atoms with Crippen molar-refractivity contribution in [2.75, 3.05) is 18.2 Å². The Morgan fingerprint density at radius 3 is 2.90 bits per heavy atom. The van der Waals surface area contributed by atoms with Crippen molar-refractivity contribution in [2.24, 2.45) is 0 Å². The third-order valence-corrected chi connectivity index (χ3v) is 4.62. The van der Waals surface area contributed by atoms with Crippen molar-refractivity contribution in [3.8, 4) is 5.75 Å². The number of nitrogen functional groups attached to an aromatic ring is 1. The number of ether oxygens (including phenoxy) is 1. The van der Waals surface area contributed by atoms with Crippen LogP contribution in [-0.2, 0) is 4.79 Å². The number of amides is 1. The number of hydrogen-bond donors (Lipinski definition) is 2. The Hall–Kier alpha value is -1.80. The number of aryl methyl sites for hydroxylation is 1. The quantitative estimate of drug-likeness (QED) is 0.649. The number of hydrogen-bond acceptors (Lipinski definition) is 7. The van der Waals surface area contributed by atoms with Crippen LogP contribution in [0, 0.1) is 6.92 Å². The zero-order valence-corrected chi connectivity index (χ0v) is 13.5. The first-order chi connectivity index (χ1) is 9.99. The number of carbonyl (C=O) groups is 1. The number of anilines is 2. The van der Waals surface area contributed by atoms with Gasteiger partial charge in [-0.2, -0.15) is 4.37 Å². The van der Waals surface area contributed by atoms with Crippen LogP contribution < -0.4 is 15.8 Å². The molecule has 0 radical (unpaired) electrons. The first-order valence-corrected chi connectivity index (χ1v) is 7.86. The van der Waals surface area contributed by atoms with Crippen LogP contribution in [-0.4, -0.2) is 27.6 Å². The average molecular weight is 324 g/mol. The molecule has 0 aliphatic rings. The topological polar surface area (TPSA) is 90.1 Å². The molecule has 1 unspecified atom stereocenters. The van der Waals surface area contributed by atoms with E-state index in [1.54, 1.807) is 18.2 Å². The molecule has 1 atom stereocenters. The highest BCUT2D eigenvalue weighted by Gasteiger charge is 2.18. The summed E-state index contributed by atoms with van der Waals surface area (Å²) in [6.45, 7) is 3.64. The molecule has 0 fully saturated rings. The van der Waals surface area contributed by atoms with Crippen molar-refractivity contribution in [1.82, 2.24) is 9.36 Å². The molecular formula is C13H16N4O2S2. The Kier molecular flexibility index (Phi) is 5.03. The Labute approximate surface area is 131 Å². The van der Waals surface area contributed by atoms with E-state index in [-0.39, 0.29) is 11.2 Å². The van der Waals surface area contributed by atoms with Gasteiger partial charge in [0.15, 0.2) is 4.34 Å². The lowest BCUT2D eigenvalue weighted by atomic mass is 10.2. The van der Waals surface area contributed by atoms with E-state index in [9.17, 15) is 4.79 Å². The molecule has 3 N–H and O–H groups in total. The second kappa shape index (κ2) is 6.77. The first kappa shape index (κ1) is 15.6. The number of nitrogens with two attached hydrogens (primary N) is 1. The van der Waals surface area contributed by atoms with Crippen LogP contribution in [0.25, 0.3) is 0 Å². The monoisotopic (exact) mass is 324 g/mol. The first-order valence-electron chi connectivity index (χ1n) is 6.21. The van der Waals surface area contributed by atoms with Gasteiger partial charge < -0.3 is 15.8 Å². The molecule has 21 heavy (non-hydrogen) atoms. The molecule has 0 saturated heterocycles. The highest BCUT2D eigenvalue weighted by Crippen LogP contribution is 2.29. The van der Waals surface area contributed by atoms with E-state index in [2.05, 4.69) is 14.7 Å². The molecule has 8 heteroatoms. The minimum atomic E-state index is -0.292. The fraction of sp³-hybridized carbons (Fsp3) is 0.308. The van der Waals surface area contributed by atoms with Crippen LogP contribution in [0.2, 0.25) is 0 Å². The summed E-state index contributed by atoms with van der Waals surface area (Å²) in [6.07, 6.45) is 0. The summed E-state index contributed by atoms with van der Waals surface area (Å²) in [7, 11) is 1.53. The van der Waals surface area contributed by atoms with Crippen LogP contribution in [0.3, 0.4) is 0 Å². The van der Waals surface area contributed by atoms with E-state index in [1.807, 2.05) is 13.8 Å². The number of benzene rings is 1. The van der Waals surface area contributed by atoms with Gasteiger partial charge in [-0.05, 0) is 37.5 Å². The van der Waals surface area contributed by atoms with Gasteiger partial charge in [-0.1, -0.05) is 11.8 Å². The van der Waals surface area contributed by atoms with E-state index in [0.717, 1.165) is 10.2 Å². The molecule has 0 aliphatic carbocycles. The zero-order valence-electron chi connectivity index (χ0n) is 11.9. The molecule has 0 saturated carbocycles. The standard InChI is InChI=1S/C13H16N4O2S2/c1-7(20-13-15-8(2)17-21-13)12(18)16-10-5-4-9(14)6-11(10)19-3/h4-7H,14H2,1-3H3,(H,16,18). The minimum Gasteiger partial charge on any atom is -0.494 e. The van der Waals surface area contributed by atoms with Gasteiger partial charge in [0.25, 0.3) is 0 Å². The number of carbonyl (C=O) groups excluding carboxylic acids is 1. The summed E-state index contributed by atoms with van der Waals surface area (Å²) in [4.78, 5) is 16.4. The van der Waals surface area contributed by atoms with Gasteiger partial charge in [0.05, 0.1) is 18.0 Å². The van der Waals surface area contributed by atoms with Gasteiger partial charge in [-0.25, -0.2) is 4.98 Å². The third kappa shape index (κ3) is 4.08. The summed E-state index contributed by atoms with van der Waals surface area (Å²) < 4.78 is 10.1. The van der Waals surface area contributed by atoms with Crippen LogP contribution in [0.4, 0.5) is 11.4 Å². The molecule has 1 heterocycles. The van der Waals surface area contributed by atoms with Gasteiger partial charge in [-0.15, -0.1) is 0 Å². The molecule has 1 aromatic carbocycles. The molecule has 6 nitrogen and oxygen atoms in total. The lowest BCUT2D eigenvalue weighted by Crippen LogP contribution is -2.22. The van der Waals surface area contributed by atoms with E-state index in [4.69, 9.17) is 10.5 Å². The zero-order chi connectivity index (χ0) is 15.4. The van der Waals surface area contributed by atoms with Crippen LogP contribution in [0.5, 0.6) is 5.75 Å². The number of nitrogens with one attached hydrogen (secondary N) is 1. The molecule has 2 rings (SSSR count).